The normalized spacial score (nSPS) is 20.7. The van der Waals surface area contributed by atoms with Crippen molar-refractivity contribution in [3.8, 4) is 0 Å². The largest absolute Gasteiger partial charge is 0.355 e. The molecule has 0 bridgehead atoms. The predicted molar refractivity (Wildman–Crippen MR) is 85.5 cm³/mol. The first-order valence-corrected chi connectivity index (χ1v) is 7.20. The second-order valence-corrected chi connectivity index (χ2v) is 5.56. The van der Waals surface area contributed by atoms with Crippen LogP contribution in [0.3, 0.4) is 0 Å². The molecule has 1 aromatic carbocycles. The SMILES string of the molecule is CNCCCNC(=O)C1(C)CCCc2ccccc21.Cl. The zero-order valence-corrected chi connectivity index (χ0v) is 13.2. The molecule has 1 atom stereocenters. The average molecular weight is 297 g/mol. The number of carbonyl (C=O) groups is 1. The summed E-state index contributed by atoms with van der Waals surface area (Å²) in [5.41, 5.74) is 2.20. The van der Waals surface area contributed by atoms with Gasteiger partial charge in [-0.15, -0.1) is 12.4 Å². The molecule has 1 unspecified atom stereocenters. The number of hydrogen-bond acceptors (Lipinski definition) is 2. The van der Waals surface area contributed by atoms with E-state index in [1.165, 1.54) is 11.1 Å². The van der Waals surface area contributed by atoms with E-state index in [9.17, 15) is 4.79 Å². The van der Waals surface area contributed by atoms with E-state index in [4.69, 9.17) is 0 Å². The van der Waals surface area contributed by atoms with Crippen LogP contribution in [0.15, 0.2) is 24.3 Å². The first-order chi connectivity index (χ1) is 9.18. The molecule has 1 aromatic rings. The Morgan fingerprint density at radius 3 is 2.80 bits per heavy atom. The third-order valence-electron chi connectivity index (χ3n) is 4.12. The minimum atomic E-state index is -0.353. The Labute approximate surface area is 127 Å². The van der Waals surface area contributed by atoms with Crippen LogP contribution in [-0.2, 0) is 16.6 Å². The van der Waals surface area contributed by atoms with Gasteiger partial charge in [0, 0.05) is 6.54 Å². The van der Waals surface area contributed by atoms with E-state index in [0.717, 1.165) is 38.8 Å². The van der Waals surface area contributed by atoms with Crippen molar-refractivity contribution in [3.63, 3.8) is 0 Å². The van der Waals surface area contributed by atoms with Gasteiger partial charge in [0.05, 0.1) is 5.41 Å². The Morgan fingerprint density at radius 2 is 2.05 bits per heavy atom. The zero-order chi connectivity index (χ0) is 13.7. The van der Waals surface area contributed by atoms with Crippen molar-refractivity contribution >= 4 is 18.3 Å². The summed E-state index contributed by atoms with van der Waals surface area (Å²) >= 11 is 0. The van der Waals surface area contributed by atoms with E-state index in [1.807, 2.05) is 13.1 Å². The van der Waals surface area contributed by atoms with Gasteiger partial charge < -0.3 is 10.6 Å². The highest BCUT2D eigenvalue weighted by Gasteiger charge is 2.38. The molecular formula is C16H25ClN2O. The summed E-state index contributed by atoms with van der Waals surface area (Å²) in [6.07, 6.45) is 4.11. The van der Waals surface area contributed by atoms with Crippen LogP contribution < -0.4 is 10.6 Å². The smallest absolute Gasteiger partial charge is 0.230 e. The molecule has 0 aliphatic heterocycles. The lowest BCUT2D eigenvalue weighted by atomic mass is 9.70. The maximum Gasteiger partial charge on any atom is 0.230 e. The predicted octanol–water partition coefficient (Wildman–Crippen LogP) is 2.43. The maximum absolute atomic E-state index is 12.5. The molecule has 0 heterocycles. The van der Waals surface area contributed by atoms with E-state index in [-0.39, 0.29) is 23.7 Å². The Hall–Kier alpha value is -1.06. The van der Waals surface area contributed by atoms with Crippen LogP contribution in [0.5, 0.6) is 0 Å². The summed E-state index contributed by atoms with van der Waals surface area (Å²) < 4.78 is 0. The van der Waals surface area contributed by atoms with Crippen LogP contribution in [0.2, 0.25) is 0 Å². The lowest BCUT2D eigenvalue weighted by molar-refractivity contribution is -0.126. The van der Waals surface area contributed by atoms with Gasteiger partial charge in [0.15, 0.2) is 0 Å². The van der Waals surface area contributed by atoms with E-state index >= 15 is 0 Å². The number of aryl methyl sites for hydroxylation is 1. The second kappa shape index (κ2) is 7.65. The van der Waals surface area contributed by atoms with Crippen molar-refractivity contribution in [1.82, 2.24) is 10.6 Å². The van der Waals surface area contributed by atoms with Crippen molar-refractivity contribution in [2.45, 2.75) is 38.0 Å². The first-order valence-electron chi connectivity index (χ1n) is 7.20. The molecule has 0 saturated carbocycles. The monoisotopic (exact) mass is 296 g/mol. The van der Waals surface area contributed by atoms with E-state index in [2.05, 4.69) is 35.8 Å². The fourth-order valence-corrected chi connectivity index (χ4v) is 2.94. The Kier molecular flexibility index (Phi) is 6.50. The van der Waals surface area contributed by atoms with Gasteiger partial charge in [-0.1, -0.05) is 24.3 Å². The molecule has 0 fully saturated rings. The fourth-order valence-electron chi connectivity index (χ4n) is 2.94. The molecule has 20 heavy (non-hydrogen) atoms. The summed E-state index contributed by atoms with van der Waals surface area (Å²) in [6.45, 7) is 3.77. The van der Waals surface area contributed by atoms with Crippen LogP contribution in [0.4, 0.5) is 0 Å². The number of amides is 1. The Morgan fingerprint density at radius 1 is 1.30 bits per heavy atom. The molecule has 0 radical (unpaired) electrons. The lowest BCUT2D eigenvalue weighted by Gasteiger charge is -2.34. The van der Waals surface area contributed by atoms with Gasteiger partial charge in [-0.3, -0.25) is 4.79 Å². The van der Waals surface area contributed by atoms with Gasteiger partial charge >= 0.3 is 0 Å². The minimum absolute atomic E-state index is 0. The summed E-state index contributed by atoms with van der Waals surface area (Å²) in [7, 11) is 1.93. The third-order valence-corrected chi connectivity index (χ3v) is 4.12. The average Bonchev–Trinajstić information content (AvgIpc) is 2.44. The third kappa shape index (κ3) is 3.53. The molecule has 2 N–H and O–H groups in total. The maximum atomic E-state index is 12.5. The molecule has 1 amide bonds. The molecule has 3 nitrogen and oxygen atoms in total. The van der Waals surface area contributed by atoms with Gasteiger partial charge in [-0.25, -0.2) is 0 Å². The van der Waals surface area contributed by atoms with Crippen molar-refractivity contribution in [1.29, 1.82) is 0 Å². The minimum Gasteiger partial charge on any atom is -0.355 e. The number of hydrogen-bond donors (Lipinski definition) is 2. The van der Waals surface area contributed by atoms with Crippen LogP contribution in [0.25, 0.3) is 0 Å². The number of rotatable bonds is 5. The highest BCUT2D eigenvalue weighted by molar-refractivity contribution is 5.88. The standard InChI is InChI=1S/C16H24N2O.ClH/c1-16(15(19)18-12-6-11-17-2)10-5-8-13-7-3-4-9-14(13)16;/h3-4,7,9,17H,5-6,8,10-12H2,1-2H3,(H,18,19);1H. The highest BCUT2D eigenvalue weighted by Crippen LogP contribution is 2.37. The number of benzene rings is 1. The van der Waals surface area contributed by atoms with Gasteiger partial charge in [-0.2, -0.15) is 0 Å². The van der Waals surface area contributed by atoms with Crippen molar-refractivity contribution in [3.05, 3.63) is 35.4 Å². The molecule has 4 heteroatoms. The lowest BCUT2D eigenvalue weighted by Crippen LogP contribution is -2.45. The molecule has 2 rings (SSSR count). The summed E-state index contributed by atoms with van der Waals surface area (Å²) in [6, 6.07) is 8.37. The molecule has 112 valence electrons. The van der Waals surface area contributed by atoms with Crippen molar-refractivity contribution in [2.24, 2.45) is 0 Å². The van der Waals surface area contributed by atoms with Crippen molar-refractivity contribution < 1.29 is 4.79 Å². The molecule has 1 aliphatic rings. The fraction of sp³-hybridized carbons (Fsp3) is 0.562. The first kappa shape index (κ1) is 17.0. The van der Waals surface area contributed by atoms with Gasteiger partial charge in [0.1, 0.15) is 0 Å². The van der Waals surface area contributed by atoms with E-state index < -0.39 is 0 Å². The topological polar surface area (TPSA) is 41.1 Å². The van der Waals surface area contributed by atoms with E-state index in [0.29, 0.717) is 0 Å². The molecule has 0 aromatic heterocycles. The van der Waals surface area contributed by atoms with Crippen LogP contribution in [-0.4, -0.2) is 26.0 Å². The van der Waals surface area contributed by atoms with Gasteiger partial charge in [-0.05, 0) is 57.3 Å². The Balaban J connectivity index is 0.00000200. The van der Waals surface area contributed by atoms with Crippen LogP contribution in [0.1, 0.15) is 37.3 Å². The van der Waals surface area contributed by atoms with E-state index in [1.54, 1.807) is 0 Å². The summed E-state index contributed by atoms with van der Waals surface area (Å²) in [4.78, 5) is 12.5. The second-order valence-electron chi connectivity index (χ2n) is 5.56. The number of carbonyl (C=O) groups excluding carboxylic acids is 1. The quantitative estimate of drug-likeness (QED) is 0.820. The zero-order valence-electron chi connectivity index (χ0n) is 12.4. The molecular weight excluding hydrogens is 272 g/mol. The molecule has 0 spiro atoms. The number of fused-ring (bicyclic) bond motifs is 1. The highest BCUT2D eigenvalue weighted by atomic mass is 35.5. The summed E-state index contributed by atoms with van der Waals surface area (Å²) in [5, 5.41) is 6.18. The van der Waals surface area contributed by atoms with Crippen LogP contribution >= 0.6 is 12.4 Å². The number of halogens is 1. The van der Waals surface area contributed by atoms with Crippen LogP contribution in [0, 0.1) is 0 Å². The number of nitrogens with one attached hydrogen (secondary N) is 2. The molecule has 0 saturated heterocycles. The molecule has 1 aliphatic carbocycles. The van der Waals surface area contributed by atoms with Crippen molar-refractivity contribution in [2.75, 3.05) is 20.1 Å². The van der Waals surface area contributed by atoms with Gasteiger partial charge in [0.25, 0.3) is 0 Å². The van der Waals surface area contributed by atoms with Gasteiger partial charge in [0.2, 0.25) is 5.91 Å². The Bertz CT molecular complexity index is 450. The summed E-state index contributed by atoms with van der Waals surface area (Å²) in [5.74, 6) is 0.177.